The van der Waals surface area contributed by atoms with Crippen LogP contribution in [-0.4, -0.2) is 44.9 Å². The molecule has 3 N–H and O–H groups in total. The number of aliphatic hydroxyl groups excluding tert-OH is 1. The summed E-state index contributed by atoms with van der Waals surface area (Å²) < 4.78 is 14.7. The molecular formula is C18H24ClFN4O2. The van der Waals surface area contributed by atoms with E-state index in [0.717, 1.165) is 11.3 Å². The van der Waals surface area contributed by atoms with E-state index in [2.05, 4.69) is 5.10 Å². The summed E-state index contributed by atoms with van der Waals surface area (Å²) >= 11 is 0. The fourth-order valence-corrected chi connectivity index (χ4v) is 3.25. The number of carbonyl (C=O) groups excluding carboxylic acids is 1. The predicted molar refractivity (Wildman–Crippen MR) is 98.6 cm³/mol. The molecule has 0 radical (unpaired) electrons. The van der Waals surface area contributed by atoms with E-state index in [1.807, 2.05) is 6.20 Å². The summed E-state index contributed by atoms with van der Waals surface area (Å²) in [7, 11) is 1.76. The summed E-state index contributed by atoms with van der Waals surface area (Å²) in [6, 6.07) is 5.73. The molecule has 142 valence electrons. The Morgan fingerprint density at radius 2 is 2.08 bits per heavy atom. The number of hydrogen-bond donors (Lipinski definition) is 2. The molecule has 1 fully saturated rings. The Hall–Kier alpha value is -1.96. The molecule has 1 heterocycles. The van der Waals surface area contributed by atoms with Crippen molar-refractivity contribution in [2.45, 2.75) is 38.0 Å². The second-order valence-electron chi connectivity index (χ2n) is 6.71. The van der Waals surface area contributed by atoms with Gasteiger partial charge in [-0.3, -0.25) is 4.79 Å². The van der Waals surface area contributed by atoms with E-state index < -0.39 is 6.10 Å². The van der Waals surface area contributed by atoms with Gasteiger partial charge >= 0.3 is 0 Å². The lowest BCUT2D eigenvalue weighted by Crippen LogP contribution is -2.45. The number of rotatable bonds is 4. The third-order valence-electron chi connectivity index (χ3n) is 4.73. The topological polar surface area (TPSA) is 84.4 Å². The van der Waals surface area contributed by atoms with Gasteiger partial charge in [0.1, 0.15) is 5.82 Å². The Morgan fingerprint density at radius 1 is 1.38 bits per heavy atom. The predicted octanol–water partition coefficient (Wildman–Crippen LogP) is 1.88. The maximum atomic E-state index is 13.0. The molecular weight excluding hydrogens is 359 g/mol. The van der Waals surface area contributed by atoms with Crippen molar-refractivity contribution in [3.63, 3.8) is 0 Å². The highest BCUT2D eigenvalue weighted by Crippen LogP contribution is 2.25. The summed E-state index contributed by atoms with van der Waals surface area (Å²) in [5, 5.41) is 14.0. The summed E-state index contributed by atoms with van der Waals surface area (Å²) in [5.41, 5.74) is 7.52. The molecule has 0 aliphatic heterocycles. The van der Waals surface area contributed by atoms with Crippen LogP contribution < -0.4 is 5.73 Å². The zero-order valence-electron chi connectivity index (χ0n) is 14.6. The first-order valence-corrected chi connectivity index (χ1v) is 8.42. The van der Waals surface area contributed by atoms with E-state index >= 15 is 0 Å². The van der Waals surface area contributed by atoms with Crippen LogP contribution in [0.4, 0.5) is 4.39 Å². The monoisotopic (exact) mass is 382 g/mol. The van der Waals surface area contributed by atoms with Gasteiger partial charge in [0.2, 0.25) is 5.91 Å². The first kappa shape index (κ1) is 20.4. The van der Waals surface area contributed by atoms with Crippen molar-refractivity contribution >= 4 is 18.3 Å². The Balaban J connectivity index is 0.00000243. The third kappa shape index (κ3) is 4.60. The van der Waals surface area contributed by atoms with Crippen LogP contribution in [0.25, 0.3) is 5.69 Å². The first-order valence-electron chi connectivity index (χ1n) is 8.42. The van der Waals surface area contributed by atoms with Gasteiger partial charge in [0, 0.05) is 37.3 Å². The standard InChI is InChI=1S/C18H23FN4O2.ClH/c1-22(18(25)13-2-7-17(24)16(20)8-13)10-12-9-21-23(11-12)15-5-3-14(19)4-6-15;/h3-6,9,11,13,16-17,24H,2,7-8,10,20H2,1H3;1H/t13-,16+,17+;/m0./s1. The van der Waals surface area contributed by atoms with Gasteiger partial charge in [0.05, 0.1) is 18.0 Å². The molecule has 1 saturated carbocycles. The van der Waals surface area contributed by atoms with Crippen LogP contribution in [0.1, 0.15) is 24.8 Å². The van der Waals surface area contributed by atoms with Gasteiger partial charge in [-0.15, -0.1) is 12.4 Å². The van der Waals surface area contributed by atoms with Crippen molar-refractivity contribution < 1.29 is 14.3 Å². The van der Waals surface area contributed by atoms with E-state index in [9.17, 15) is 14.3 Å². The number of benzene rings is 1. The fourth-order valence-electron chi connectivity index (χ4n) is 3.25. The van der Waals surface area contributed by atoms with Crippen LogP contribution in [0.2, 0.25) is 0 Å². The number of nitrogens with zero attached hydrogens (tertiary/aromatic N) is 3. The molecule has 0 bridgehead atoms. The Labute approximate surface area is 158 Å². The molecule has 3 atom stereocenters. The van der Waals surface area contributed by atoms with Gasteiger partial charge in [-0.1, -0.05) is 0 Å². The second kappa shape index (κ2) is 8.62. The van der Waals surface area contributed by atoms with Crippen molar-refractivity contribution in [2.24, 2.45) is 11.7 Å². The van der Waals surface area contributed by atoms with Crippen LogP contribution >= 0.6 is 12.4 Å². The number of amides is 1. The number of hydrogen-bond acceptors (Lipinski definition) is 4. The van der Waals surface area contributed by atoms with Crippen molar-refractivity contribution in [1.82, 2.24) is 14.7 Å². The quantitative estimate of drug-likeness (QED) is 0.845. The lowest BCUT2D eigenvalue weighted by atomic mass is 9.83. The number of carbonyl (C=O) groups is 1. The minimum Gasteiger partial charge on any atom is -0.392 e. The molecule has 1 amide bonds. The maximum absolute atomic E-state index is 13.0. The molecule has 0 saturated heterocycles. The zero-order chi connectivity index (χ0) is 18.0. The summed E-state index contributed by atoms with van der Waals surface area (Å²) in [6.45, 7) is 0.439. The molecule has 3 rings (SSSR count). The normalized spacial score (nSPS) is 22.5. The summed E-state index contributed by atoms with van der Waals surface area (Å²) in [6.07, 6.45) is 4.75. The first-order chi connectivity index (χ1) is 11.9. The third-order valence-corrected chi connectivity index (χ3v) is 4.73. The van der Waals surface area contributed by atoms with E-state index in [1.54, 1.807) is 35.0 Å². The molecule has 1 aliphatic rings. The smallest absolute Gasteiger partial charge is 0.225 e. The zero-order valence-corrected chi connectivity index (χ0v) is 15.4. The number of halogens is 2. The number of nitrogens with two attached hydrogens (primary N) is 1. The molecule has 8 heteroatoms. The van der Waals surface area contributed by atoms with Gasteiger partial charge in [0.15, 0.2) is 0 Å². The molecule has 1 aromatic carbocycles. The largest absolute Gasteiger partial charge is 0.392 e. The highest BCUT2D eigenvalue weighted by molar-refractivity contribution is 5.85. The minimum atomic E-state index is -0.511. The molecule has 1 aromatic heterocycles. The van der Waals surface area contributed by atoms with Crippen LogP contribution in [0, 0.1) is 11.7 Å². The van der Waals surface area contributed by atoms with Crippen LogP contribution in [-0.2, 0) is 11.3 Å². The lowest BCUT2D eigenvalue weighted by Gasteiger charge is -2.32. The van der Waals surface area contributed by atoms with Crippen LogP contribution in [0.5, 0.6) is 0 Å². The van der Waals surface area contributed by atoms with Crippen molar-refractivity contribution in [3.05, 3.63) is 48.0 Å². The van der Waals surface area contributed by atoms with E-state index in [1.165, 1.54) is 12.1 Å². The van der Waals surface area contributed by atoms with Gasteiger partial charge in [-0.2, -0.15) is 5.10 Å². The van der Waals surface area contributed by atoms with E-state index in [4.69, 9.17) is 5.73 Å². The highest BCUT2D eigenvalue weighted by Gasteiger charge is 2.32. The average Bonchev–Trinajstić information content (AvgIpc) is 3.05. The molecule has 1 aliphatic carbocycles. The van der Waals surface area contributed by atoms with Crippen molar-refractivity contribution in [2.75, 3.05) is 7.05 Å². The second-order valence-corrected chi connectivity index (χ2v) is 6.71. The van der Waals surface area contributed by atoms with Crippen LogP contribution in [0.3, 0.4) is 0 Å². The van der Waals surface area contributed by atoms with Crippen LogP contribution in [0.15, 0.2) is 36.7 Å². The molecule has 26 heavy (non-hydrogen) atoms. The highest BCUT2D eigenvalue weighted by atomic mass is 35.5. The lowest BCUT2D eigenvalue weighted by molar-refractivity contribution is -0.136. The maximum Gasteiger partial charge on any atom is 0.225 e. The number of aliphatic hydroxyl groups is 1. The van der Waals surface area contributed by atoms with E-state index in [-0.39, 0.29) is 36.1 Å². The summed E-state index contributed by atoms with van der Waals surface area (Å²) in [4.78, 5) is 14.3. The average molecular weight is 383 g/mol. The Kier molecular flexibility index (Phi) is 6.75. The Morgan fingerprint density at radius 3 is 2.73 bits per heavy atom. The molecule has 0 unspecified atom stereocenters. The number of aromatic nitrogens is 2. The fraction of sp³-hybridized carbons (Fsp3) is 0.444. The van der Waals surface area contributed by atoms with Crippen molar-refractivity contribution in [1.29, 1.82) is 0 Å². The van der Waals surface area contributed by atoms with Crippen molar-refractivity contribution in [3.8, 4) is 5.69 Å². The van der Waals surface area contributed by atoms with Gasteiger partial charge in [-0.05, 0) is 43.5 Å². The minimum absolute atomic E-state index is 0. The molecule has 2 aromatic rings. The van der Waals surface area contributed by atoms with Gasteiger partial charge in [0.25, 0.3) is 0 Å². The SMILES string of the molecule is CN(Cc1cnn(-c2ccc(F)cc2)c1)C(=O)[C@H]1CC[C@@H](O)[C@H](N)C1.Cl. The Bertz CT molecular complexity index is 737. The van der Waals surface area contributed by atoms with E-state index in [0.29, 0.717) is 25.8 Å². The summed E-state index contributed by atoms with van der Waals surface area (Å²) in [5.74, 6) is -0.398. The molecule has 6 nitrogen and oxygen atoms in total. The van der Waals surface area contributed by atoms with Gasteiger partial charge < -0.3 is 15.7 Å². The molecule has 0 spiro atoms. The van der Waals surface area contributed by atoms with Gasteiger partial charge in [-0.25, -0.2) is 9.07 Å².